The molecular formula is C16H15ClN8O2. The van der Waals surface area contributed by atoms with Crippen LogP contribution in [0.2, 0.25) is 5.15 Å². The minimum absolute atomic E-state index is 0.0276. The van der Waals surface area contributed by atoms with Crippen LogP contribution in [-0.2, 0) is 0 Å². The van der Waals surface area contributed by atoms with Crippen LogP contribution in [0.4, 0.5) is 11.6 Å². The SMILES string of the molecule is CNC(=O)c1nnc(Cl)cc1Nc1nc2ccc(C(=O)N3CCC3)cn2n1. The number of carbonyl (C=O) groups is 2. The average Bonchev–Trinajstić information content (AvgIpc) is 3.01. The summed E-state index contributed by atoms with van der Waals surface area (Å²) in [6, 6.07) is 4.89. The van der Waals surface area contributed by atoms with Crippen molar-refractivity contribution in [2.45, 2.75) is 6.42 Å². The second-order valence-electron chi connectivity index (χ2n) is 5.94. The number of aromatic nitrogens is 5. The van der Waals surface area contributed by atoms with Gasteiger partial charge in [-0.25, -0.2) is 4.52 Å². The number of carbonyl (C=O) groups excluding carboxylic acids is 2. The number of hydrogen-bond acceptors (Lipinski definition) is 7. The maximum atomic E-state index is 12.3. The van der Waals surface area contributed by atoms with Crippen LogP contribution in [0.5, 0.6) is 0 Å². The molecule has 1 aliphatic rings. The molecule has 2 N–H and O–H groups in total. The minimum atomic E-state index is -0.423. The maximum absolute atomic E-state index is 12.3. The van der Waals surface area contributed by atoms with E-state index in [1.54, 1.807) is 23.2 Å². The number of likely N-dealkylation sites (tertiary alicyclic amines) is 1. The number of rotatable bonds is 4. The molecule has 1 fully saturated rings. The summed E-state index contributed by atoms with van der Waals surface area (Å²) in [5.74, 6) is -0.217. The molecule has 0 unspecified atom stereocenters. The summed E-state index contributed by atoms with van der Waals surface area (Å²) >= 11 is 5.88. The molecule has 3 aromatic heterocycles. The van der Waals surface area contributed by atoms with E-state index < -0.39 is 5.91 Å². The Kier molecular flexibility index (Phi) is 4.32. The zero-order valence-corrected chi connectivity index (χ0v) is 15.1. The first kappa shape index (κ1) is 17.2. The molecule has 0 radical (unpaired) electrons. The van der Waals surface area contributed by atoms with Gasteiger partial charge in [0.25, 0.3) is 11.8 Å². The van der Waals surface area contributed by atoms with Crippen molar-refractivity contribution in [3.63, 3.8) is 0 Å². The van der Waals surface area contributed by atoms with Crippen LogP contribution in [0, 0.1) is 0 Å². The van der Waals surface area contributed by atoms with Gasteiger partial charge in [-0.15, -0.1) is 15.3 Å². The molecule has 0 bridgehead atoms. The van der Waals surface area contributed by atoms with Crippen LogP contribution in [-0.4, -0.2) is 61.6 Å². The van der Waals surface area contributed by atoms with Crippen molar-refractivity contribution in [2.24, 2.45) is 0 Å². The van der Waals surface area contributed by atoms with Gasteiger partial charge in [0.05, 0.1) is 11.3 Å². The highest BCUT2D eigenvalue weighted by atomic mass is 35.5. The Balaban J connectivity index is 1.64. The third-order valence-electron chi connectivity index (χ3n) is 4.17. The Morgan fingerprint density at radius 1 is 1.22 bits per heavy atom. The van der Waals surface area contributed by atoms with E-state index >= 15 is 0 Å². The highest BCUT2D eigenvalue weighted by Gasteiger charge is 2.22. The number of halogens is 1. The van der Waals surface area contributed by atoms with E-state index in [1.165, 1.54) is 17.6 Å². The van der Waals surface area contributed by atoms with E-state index in [1.807, 2.05) is 0 Å². The van der Waals surface area contributed by atoms with Crippen LogP contribution in [0.15, 0.2) is 24.4 Å². The Bertz CT molecular complexity index is 1050. The molecule has 1 aliphatic heterocycles. The summed E-state index contributed by atoms with van der Waals surface area (Å²) in [4.78, 5) is 30.4. The van der Waals surface area contributed by atoms with E-state index in [0.29, 0.717) is 16.9 Å². The molecule has 4 rings (SSSR count). The molecule has 10 nitrogen and oxygen atoms in total. The fraction of sp³-hybridized carbons (Fsp3) is 0.250. The van der Waals surface area contributed by atoms with Crippen molar-refractivity contribution in [2.75, 3.05) is 25.5 Å². The maximum Gasteiger partial charge on any atom is 0.273 e. The normalized spacial score (nSPS) is 13.3. The molecule has 138 valence electrons. The van der Waals surface area contributed by atoms with Gasteiger partial charge in [0.1, 0.15) is 0 Å². The highest BCUT2D eigenvalue weighted by Crippen LogP contribution is 2.21. The van der Waals surface area contributed by atoms with E-state index in [2.05, 4.69) is 30.9 Å². The molecule has 27 heavy (non-hydrogen) atoms. The van der Waals surface area contributed by atoms with Crippen molar-refractivity contribution in [3.05, 3.63) is 40.8 Å². The quantitative estimate of drug-likeness (QED) is 0.689. The topological polar surface area (TPSA) is 117 Å². The first-order valence-electron chi connectivity index (χ1n) is 8.23. The largest absolute Gasteiger partial charge is 0.354 e. The lowest BCUT2D eigenvalue weighted by Crippen LogP contribution is -2.42. The van der Waals surface area contributed by atoms with Gasteiger partial charge in [-0.3, -0.25) is 9.59 Å². The molecule has 1 saturated heterocycles. The number of hydrogen-bond donors (Lipinski definition) is 2. The van der Waals surface area contributed by atoms with Crippen molar-refractivity contribution >= 4 is 40.7 Å². The van der Waals surface area contributed by atoms with Gasteiger partial charge >= 0.3 is 0 Å². The van der Waals surface area contributed by atoms with Crippen molar-refractivity contribution < 1.29 is 9.59 Å². The first-order valence-corrected chi connectivity index (χ1v) is 8.61. The van der Waals surface area contributed by atoms with Gasteiger partial charge in [-0.1, -0.05) is 11.6 Å². The summed E-state index contributed by atoms with van der Waals surface area (Å²) in [6.45, 7) is 1.55. The molecule has 0 spiro atoms. The zero-order chi connectivity index (χ0) is 19.0. The minimum Gasteiger partial charge on any atom is -0.354 e. The van der Waals surface area contributed by atoms with Gasteiger partial charge in [0.2, 0.25) is 5.95 Å². The number of nitrogens with zero attached hydrogens (tertiary/aromatic N) is 6. The third kappa shape index (κ3) is 3.26. The number of amides is 2. The molecule has 4 heterocycles. The number of pyridine rings is 1. The summed E-state index contributed by atoms with van der Waals surface area (Å²) < 4.78 is 1.51. The van der Waals surface area contributed by atoms with Gasteiger partial charge < -0.3 is 15.5 Å². The molecule has 2 amide bonds. The van der Waals surface area contributed by atoms with Gasteiger partial charge in [-0.2, -0.15) is 4.98 Å². The summed E-state index contributed by atoms with van der Waals surface area (Å²) in [6.07, 6.45) is 2.66. The van der Waals surface area contributed by atoms with Crippen LogP contribution in [0.1, 0.15) is 27.3 Å². The third-order valence-corrected chi connectivity index (χ3v) is 4.36. The second kappa shape index (κ2) is 6.80. The number of nitrogens with one attached hydrogen (secondary N) is 2. The van der Waals surface area contributed by atoms with Crippen molar-refractivity contribution in [1.29, 1.82) is 0 Å². The molecule has 11 heteroatoms. The van der Waals surface area contributed by atoms with Crippen molar-refractivity contribution in [1.82, 2.24) is 35.0 Å². The first-order chi connectivity index (χ1) is 13.0. The fourth-order valence-corrected chi connectivity index (χ4v) is 2.78. The smallest absolute Gasteiger partial charge is 0.273 e. The predicted octanol–water partition coefficient (Wildman–Crippen LogP) is 1.12. The molecule has 0 saturated carbocycles. The molecule has 0 aromatic carbocycles. The molecular weight excluding hydrogens is 372 g/mol. The molecule has 0 atom stereocenters. The monoisotopic (exact) mass is 386 g/mol. The van der Waals surface area contributed by atoms with E-state index in [9.17, 15) is 9.59 Å². The van der Waals surface area contributed by atoms with Gasteiger partial charge in [-0.05, 0) is 18.6 Å². The van der Waals surface area contributed by atoms with Crippen LogP contribution >= 0.6 is 11.6 Å². The fourth-order valence-electron chi connectivity index (χ4n) is 2.63. The Hall–Kier alpha value is -3.27. The Morgan fingerprint density at radius 3 is 2.74 bits per heavy atom. The lowest BCUT2D eigenvalue weighted by atomic mass is 10.1. The lowest BCUT2D eigenvalue weighted by molar-refractivity contribution is 0.0651. The molecule has 3 aromatic rings. The summed E-state index contributed by atoms with van der Waals surface area (Å²) in [5, 5.41) is 17.3. The second-order valence-corrected chi connectivity index (χ2v) is 6.32. The number of fused-ring (bicyclic) bond motifs is 1. The predicted molar refractivity (Wildman–Crippen MR) is 97.2 cm³/mol. The van der Waals surface area contributed by atoms with E-state index in [0.717, 1.165) is 19.5 Å². The Labute approximate surface area is 158 Å². The lowest BCUT2D eigenvalue weighted by Gasteiger charge is -2.30. The van der Waals surface area contributed by atoms with E-state index in [-0.39, 0.29) is 22.7 Å². The Morgan fingerprint density at radius 2 is 2.04 bits per heavy atom. The summed E-state index contributed by atoms with van der Waals surface area (Å²) in [7, 11) is 1.49. The van der Waals surface area contributed by atoms with Gasteiger partial charge in [0.15, 0.2) is 16.5 Å². The van der Waals surface area contributed by atoms with Crippen LogP contribution in [0.3, 0.4) is 0 Å². The van der Waals surface area contributed by atoms with Crippen molar-refractivity contribution in [3.8, 4) is 0 Å². The standard InChI is InChI=1S/C16H15ClN8O2/c1-18-14(26)13-10(7-11(17)21-22-13)19-16-20-12-4-3-9(8-25(12)23-16)15(27)24-5-2-6-24/h3-4,7-8H,2,5-6H2,1H3,(H,18,26)(H,19,21,23). The van der Waals surface area contributed by atoms with Crippen LogP contribution < -0.4 is 10.6 Å². The number of anilines is 2. The zero-order valence-electron chi connectivity index (χ0n) is 14.3. The average molecular weight is 387 g/mol. The summed E-state index contributed by atoms with van der Waals surface area (Å²) in [5.41, 5.74) is 1.47. The van der Waals surface area contributed by atoms with Gasteiger partial charge in [0, 0.05) is 32.4 Å². The van der Waals surface area contributed by atoms with Crippen LogP contribution in [0.25, 0.3) is 5.65 Å². The van der Waals surface area contributed by atoms with E-state index in [4.69, 9.17) is 11.6 Å². The highest BCUT2D eigenvalue weighted by molar-refractivity contribution is 6.29. The molecule has 0 aliphatic carbocycles.